The summed E-state index contributed by atoms with van der Waals surface area (Å²) >= 11 is 0. The molecular weight excluding hydrogens is 336 g/mol. The normalized spacial score (nSPS) is 11.5. The van der Waals surface area contributed by atoms with Crippen molar-refractivity contribution in [2.75, 3.05) is 26.4 Å². The molecule has 0 amide bonds. The van der Waals surface area contributed by atoms with Gasteiger partial charge in [-0.25, -0.2) is 4.79 Å². The molecule has 0 spiro atoms. The van der Waals surface area contributed by atoms with Crippen LogP contribution in [0.15, 0.2) is 12.2 Å². The molecule has 6 heteroatoms. The van der Waals surface area contributed by atoms with Gasteiger partial charge in [0.25, 0.3) is 0 Å². The van der Waals surface area contributed by atoms with Crippen molar-refractivity contribution in [3.05, 3.63) is 12.2 Å². The Morgan fingerprint density at radius 3 is 1.68 bits per heavy atom. The van der Waals surface area contributed by atoms with Crippen LogP contribution in [-0.2, 0) is 22.8 Å². The lowest BCUT2D eigenvalue weighted by molar-refractivity contribution is -0.139. The molecule has 0 fully saturated rings. The molecule has 0 saturated heterocycles. The van der Waals surface area contributed by atoms with Gasteiger partial charge < -0.3 is 18.0 Å². The van der Waals surface area contributed by atoms with Crippen LogP contribution in [0.1, 0.15) is 72.6 Å². The van der Waals surface area contributed by atoms with Gasteiger partial charge in [-0.1, -0.05) is 38.7 Å². The number of hydrogen-bond donors (Lipinski definition) is 0. The number of esters is 1. The maximum absolute atomic E-state index is 11.2. The Hall–Kier alpha value is -0.693. The smallest absolute Gasteiger partial charge is 0.462 e. The standard InChI is InChI=1S/C19H38O5Si/c1-6-22-25(23-7-2,24-8-3)17-15-13-11-9-10-12-14-16-21-19(20)18(4)5/h4,6-17H2,1-3,5H3. The zero-order valence-electron chi connectivity index (χ0n) is 16.7. The second-order valence-electron chi connectivity index (χ2n) is 6.12. The molecule has 0 aromatic carbocycles. The second-order valence-corrected chi connectivity index (χ2v) is 8.86. The molecule has 0 aromatic rings. The van der Waals surface area contributed by atoms with Crippen LogP contribution in [0.4, 0.5) is 0 Å². The highest BCUT2D eigenvalue weighted by atomic mass is 28.4. The Balaban J connectivity index is 3.72. The Bertz CT molecular complexity index is 343. The molecule has 0 atom stereocenters. The van der Waals surface area contributed by atoms with E-state index in [0.717, 1.165) is 25.3 Å². The highest BCUT2D eigenvalue weighted by Crippen LogP contribution is 2.20. The van der Waals surface area contributed by atoms with Crippen molar-refractivity contribution in [1.29, 1.82) is 0 Å². The first-order chi connectivity index (χ1) is 12.0. The number of carbonyl (C=O) groups is 1. The van der Waals surface area contributed by atoms with E-state index in [-0.39, 0.29) is 5.97 Å². The molecule has 0 aromatic heterocycles. The quantitative estimate of drug-likeness (QED) is 0.157. The summed E-state index contributed by atoms with van der Waals surface area (Å²) in [7, 11) is -2.46. The van der Waals surface area contributed by atoms with E-state index < -0.39 is 8.80 Å². The van der Waals surface area contributed by atoms with Crippen molar-refractivity contribution in [2.24, 2.45) is 0 Å². The van der Waals surface area contributed by atoms with Gasteiger partial charge in [-0.3, -0.25) is 0 Å². The van der Waals surface area contributed by atoms with E-state index in [4.69, 9.17) is 18.0 Å². The molecule has 25 heavy (non-hydrogen) atoms. The third-order valence-electron chi connectivity index (χ3n) is 3.80. The fourth-order valence-electron chi connectivity index (χ4n) is 2.62. The van der Waals surface area contributed by atoms with E-state index in [9.17, 15) is 4.79 Å². The zero-order valence-corrected chi connectivity index (χ0v) is 17.7. The first-order valence-electron chi connectivity index (χ1n) is 9.75. The van der Waals surface area contributed by atoms with Crippen LogP contribution >= 0.6 is 0 Å². The molecule has 5 nitrogen and oxygen atoms in total. The van der Waals surface area contributed by atoms with Crippen LogP contribution in [0.3, 0.4) is 0 Å². The fourth-order valence-corrected chi connectivity index (χ4v) is 5.30. The second kappa shape index (κ2) is 15.6. The first kappa shape index (κ1) is 24.3. The summed E-state index contributed by atoms with van der Waals surface area (Å²) in [5.41, 5.74) is 0.464. The minimum absolute atomic E-state index is 0.287. The van der Waals surface area contributed by atoms with Crippen molar-refractivity contribution < 1.29 is 22.8 Å². The largest absolute Gasteiger partial charge is 0.500 e. The number of rotatable bonds is 17. The van der Waals surface area contributed by atoms with E-state index in [2.05, 4.69) is 6.58 Å². The van der Waals surface area contributed by atoms with Gasteiger partial charge in [0.2, 0.25) is 0 Å². The summed E-state index contributed by atoms with van der Waals surface area (Å²) < 4.78 is 22.7. The number of unbranched alkanes of at least 4 members (excludes halogenated alkanes) is 6. The molecule has 0 aliphatic heterocycles. The summed E-state index contributed by atoms with van der Waals surface area (Å²) in [6, 6.07) is 0.902. The van der Waals surface area contributed by atoms with E-state index in [1.165, 1.54) is 25.7 Å². The summed E-state index contributed by atoms with van der Waals surface area (Å²) in [5.74, 6) is -0.287. The minimum atomic E-state index is -2.46. The molecule has 0 aliphatic rings. The van der Waals surface area contributed by atoms with Gasteiger partial charge >= 0.3 is 14.8 Å². The summed E-state index contributed by atoms with van der Waals surface area (Å²) in [6.07, 6.45) is 7.87. The van der Waals surface area contributed by atoms with Crippen molar-refractivity contribution >= 4 is 14.8 Å². The highest BCUT2D eigenvalue weighted by molar-refractivity contribution is 6.60. The molecule has 0 N–H and O–H groups in total. The van der Waals surface area contributed by atoms with E-state index in [1.807, 2.05) is 20.8 Å². The van der Waals surface area contributed by atoms with Crippen molar-refractivity contribution in [2.45, 2.75) is 78.7 Å². The van der Waals surface area contributed by atoms with E-state index >= 15 is 0 Å². The monoisotopic (exact) mass is 374 g/mol. The predicted octanol–water partition coefficient (Wildman–Crippen LogP) is 4.88. The molecule has 0 unspecified atom stereocenters. The molecular formula is C19H38O5Si. The number of carbonyl (C=O) groups excluding carboxylic acids is 1. The van der Waals surface area contributed by atoms with Gasteiger partial charge in [0, 0.05) is 31.4 Å². The average Bonchev–Trinajstić information content (AvgIpc) is 2.57. The van der Waals surface area contributed by atoms with Crippen LogP contribution in [0.2, 0.25) is 6.04 Å². The molecule has 0 radical (unpaired) electrons. The summed E-state index contributed by atoms with van der Waals surface area (Å²) in [4.78, 5) is 11.2. The highest BCUT2D eigenvalue weighted by Gasteiger charge is 2.39. The third kappa shape index (κ3) is 12.3. The van der Waals surface area contributed by atoms with Crippen LogP contribution in [0, 0.1) is 0 Å². The molecule has 148 valence electrons. The van der Waals surface area contributed by atoms with Crippen molar-refractivity contribution in [3.8, 4) is 0 Å². The topological polar surface area (TPSA) is 54.0 Å². The lowest BCUT2D eigenvalue weighted by Gasteiger charge is -2.28. The number of ether oxygens (including phenoxy) is 1. The lowest BCUT2D eigenvalue weighted by atomic mass is 10.1. The Kier molecular flexibility index (Phi) is 15.1. The Labute approximate surface area is 155 Å². The van der Waals surface area contributed by atoms with Crippen molar-refractivity contribution in [1.82, 2.24) is 0 Å². The third-order valence-corrected chi connectivity index (χ3v) is 6.95. The van der Waals surface area contributed by atoms with E-state index in [0.29, 0.717) is 32.0 Å². The molecule has 0 rings (SSSR count). The van der Waals surface area contributed by atoms with Gasteiger partial charge in [-0.05, 0) is 40.5 Å². The van der Waals surface area contributed by atoms with Crippen LogP contribution in [-0.4, -0.2) is 41.2 Å². The SMILES string of the molecule is C=C(C)C(=O)OCCCCCCCCC[Si](OCC)(OCC)OCC. The molecule has 0 bridgehead atoms. The molecule has 0 heterocycles. The molecule has 0 saturated carbocycles. The summed E-state index contributed by atoms with van der Waals surface area (Å²) in [6.45, 7) is 13.6. The fraction of sp³-hybridized carbons (Fsp3) is 0.842. The first-order valence-corrected chi connectivity index (χ1v) is 11.7. The zero-order chi connectivity index (χ0) is 19.0. The van der Waals surface area contributed by atoms with Crippen molar-refractivity contribution in [3.63, 3.8) is 0 Å². The summed E-state index contributed by atoms with van der Waals surface area (Å²) in [5, 5.41) is 0. The van der Waals surface area contributed by atoms with Gasteiger partial charge in [0.05, 0.1) is 6.61 Å². The number of hydrogen-bond acceptors (Lipinski definition) is 5. The predicted molar refractivity (Wildman–Crippen MR) is 104 cm³/mol. The Morgan fingerprint density at radius 1 is 0.800 bits per heavy atom. The minimum Gasteiger partial charge on any atom is -0.462 e. The van der Waals surface area contributed by atoms with Gasteiger partial charge in [-0.2, -0.15) is 0 Å². The van der Waals surface area contributed by atoms with E-state index in [1.54, 1.807) is 6.92 Å². The Morgan fingerprint density at radius 2 is 1.24 bits per heavy atom. The van der Waals surface area contributed by atoms with Gasteiger partial charge in [0.15, 0.2) is 0 Å². The maximum atomic E-state index is 11.2. The van der Waals surface area contributed by atoms with Gasteiger partial charge in [-0.15, -0.1) is 0 Å². The maximum Gasteiger partial charge on any atom is 0.500 e. The van der Waals surface area contributed by atoms with Gasteiger partial charge in [0.1, 0.15) is 0 Å². The molecule has 0 aliphatic carbocycles. The van der Waals surface area contributed by atoms with Crippen LogP contribution in [0.25, 0.3) is 0 Å². The lowest BCUT2D eigenvalue weighted by Crippen LogP contribution is -2.45. The van der Waals surface area contributed by atoms with Crippen LogP contribution in [0.5, 0.6) is 0 Å². The average molecular weight is 375 g/mol. The van der Waals surface area contributed by atoms with Crippen LogP contribution < -0.4 is 0 Å².